The topological polar surface area (TPSA) is 17.0 Å². The van der Waals surface area contributed by atoms with Crippen molar-refractivity contribution in [1.29, 1.82) is 0 Å². The Morgan fingerprint density at radius 1 is 1.31 bits per heavy atom. The predicted octanol–water partition coefficient (Wildman–Crippen LogP) is 3.57. The van der Waals surface area contributed by atoms with Gasteiger partial charge in [-0.3, -0.25) is 0 Å². The predicted molar refractivity (Wildman–Crippen MR) is 70.5 cm³/mol. The Kier molecular flexibility index (Phi) is 6.24. The van der Waals surface area contributed by atoms with Crippen LogP contribution in [0.25, 0.3) is 0 Å². The van der Waals surface area contributed by atoms with Crippen LogP contribution in [0.3, 0.4) is 0 Å². The fourth-order valence-electron chi connectivity index (χ4n) is 1.90. The molecule has 1 aromatic rings. The Morgan fingerprint density at radius 3 is 2.81 bits per heavy atom. The van der Waals surface area contributed by atoms with E-state index in [-0.39, 0.29) is 0 Å². The maximum absolute atomic E-state index is 3.58. The van der Waals surface area contributed by atoms with Gasteiger partial charge in [-0.1, -0.05) is 26.7 Å². The lowest BCUT2D eigenvalue weighted by Gasteiger charge is -2.12. The Bertz CT molecular complexity index is 278. The number of rotatable bonds is 8. The fourth-order valence-corrected chi connectivity index (χ4v) is 1.90. The van der Waals surface area contributed by atoms with E-state index in [2.05, 4.69) is 49.1 Å². The molecule has 1 rings (SSSR count). The normalized spacial score (nSPS) is 12.9. The smallest absolute Gasteiger partial charge is 0.0223 e. The summed E-state index contributed by atoms with van der Waals surface area (Å²) in [4.78, 5) is 0. The van der Waals surface area contributed by atoms with E-state index in [1.807, 2.05) is 0 Å². The SMILES string of the molecule is CCCCC(C)NCc1ccn(CCC)c1. The van der Waals surface area contributed by atoms with Crippen molar-refractivity contribution in [2.45, 2.75) is 65.6 Å². The third-order valence-corrected chi connectivity index (χ3v) is 2.94. The monoisotopic (exact) mass is 222 g/mol. The van der Waals surface area contributed by atoms with Crippen LogP contribution in [0.1, 0.15) is 52.0 Å². The zero-order valence-corrected chi connectivity index (χ0v) is 11.0. The molecule has 1 heterocycles. The lowest BCUT2D eigenvalue weighted by molar-refractivity contribution is 0.494. The number of nitrogens with one attached hydrogen (secondary N) is 1. The standard InChI is InChI=1S/C14H26N2/c1-4-6-7-13(3)15-11-14-8-10-16(12-14)9-5-2/h8,10,12-13,15H,4-7,9,11H2,1-3H3. The van der Waals surface area contributed by atoms with E-state index in [1.165, 1.54) is 31.2 Å². The molecule has 0 aliphatic carbocycles. The van der Waals surface area contributed by atoms with Crippen LogP contribution in [0.4, 0.5) is 0 Å². The van der Waals surface area contributed by atoms with Gasteiger partial charge in [0.2, 0.25) is 0 Å². The summed E-state index contributed by atoms with van der Waals surface area (Å²) in [5.41, 5.74) is 1.40. The van der Waals surface area contributed by atoms with Crippen LogP contribution in [0, 0.1) is 0 Å². The average molecular weight is 222 g/mol. The van der Waals surface area contributed by atoms with Crippen molar-refractivity contribution < 1.29 is 0 Å². The van der Waals surface area contributed by atoms with Gasteiger partial charge in [0.05, 0.1) is 0 Å². The molecular formula is C14H26N2. The highest BCUT2D eigenvalue weighted by molar-refractivity contribution is 5.09. The minimum Gasteiger partial charge on any atom is -0.354 e. The fraction of sp³-hybridized carbons (Fsp3) is 0.714. The van der Waals surface area contributed by atoms with Crippen LogP contribution >= 0.6 is 0 Å². The van der Waals surface area contributed by atoms with Gasteiger partial charge < -0.3 is 9.88 Å². The minimum atomic E-state index is 0.634. The van der Waals surface area contributed by atoms with Crippen molar-refractivity contribution >= 4 is 0 Å². The maximum Gasteiger partial charge on any atom is 0.0223 e. The summed E-state index contributed by atoms with van der Waals surface area (Å²) in [7, 11) is 0. The van der Waals surface area contributed by atoms with Crippen LogP contribution in [0.15, 0.2) is 18.5 Å². The first-order valence-corrected chi connectivity index (χ1v) is 6.64. The van der Waals surface area contributed by atoms with E-state index in [4.69, 9.17) is 0 Å². The third-order valence-electron chi connectivity index (χ3n) is 2.94. The van der Waals surface area contributed by atoms with Crippen LogP contribution in [-0.4, -0.2) is 10.6 Å². The molecule has 0 spiro atoms. The number of hydrogen-bond acceptors (Lipinski definition) is 1. The zero-order valence-electron chi connectivity index (χ0n) is 11.0. The van der Waals surface area contributed by atoms with E-state index in [1.54, 1.807) is 0 Å². The molecule has 0 radical (unpaired) electrons. The Hall–Kier alpha value is -0.760. The highest BCUT2D eigenvalue weighted by Crippen LogP contribution is 2.04. The minimum absolute atomic E-state index is 0.634. The molecule has 0 saturated carbocycles. The van der Waals surface area contributed by atoms with Gasteiger partial charge in [-0.15, -0.1) is 0 Å². The molecule has 0 aliphatic rings. The molecule has 0 bridgehead atoms. The van der Waals surface area contributed by atoms with Crippen LogP contribution < -0.4 is 5.32 Å². The quantitative estimate of drug-likeness (QED) is 0.711. The lowest BCUT2D eigenvalue weighted by Crippen LogP contribution is -2.25. The van der Waals surface area contributed by atoms with Gasteiger partial charge in [0, 0.05) is 31.5 Å². The third kappa shape index (κ3) is 4.84. The Labute approximate surface area is 100 Å². The molecule has 16 heavy (non-hydrogen) atoms. The average Bonchev–Trinajstić information content (AvgIpc) is 2.72. The molecule has 0 saturated heterocycles. The Balaban J connectivity index is 2.25. The van der Waals surface area contributed by atoms with Crippen molar-refractivity contribution in [3.05, 3.63) is 24.0 Å². The van der Waals surface area contributed by atoms with E-state index >= 15 is 0 Å². The molecular weight excluding hydrogens is 196 g/mol. The molecule has 1 unspecified atom stereocenters. The summed E-state index contributed by atoms with van der Waals surface area (Å²) in [6, 6.07) is 2.85. The molecule has 2 heteroatoms. The second-order valence-electron chi connectivity index (χ2n) is 4.68. The molecule has 92 valence electrons. The van der Waals surface area contributed by atoms with Crippen molar-refractivity contribution in [3.8, 4) is 0 Å². The van der Waals surface area contributed by atoms with Crippen LogP contribution in [0.2, 0.25) is 0 Å². The first-order chi connectivity index (χ1) is 7.76. The summed E-state index contributed by atoms with van der Waals surface area (Å²) < 4.78 is 2.27. The molecule has 1 aromatic heterocycles. The van der Waals surface area contributed by atoms with Crippen LogP contribution in [0.5, 0.6) is 0 Å². The summed E-state index contributed by atoms with van der Waals surface area (Å²) in [5.74, 6) is 0. The van der Waals surface area contributed by atoms with Crippen molar-refractivity contribution in [2.24, 2.45) is 0 Å². The first-order valence-electron chi connectivity index (χ1n) is 6.64. The number of unbranched alkanes of at least 4 members (excludes halogenated alkanes) is 1. The number of nitrogens with zero attached hydrogens (tertiary/aromatic N) is 1. The molecule has 2 nitrogen and oxygen atoms in total. The van der Waals surface area contributed by atoms with Crippen molar-refractivity contribution in [3.63, 3.8) is 0 Å². The highest BCUT2D eigenvalue weighted by atomic mass is 14.9. The van der Waals surface area contributed by atoms with Gasteiger partial charge in [0.15, 0.2) is 0 Å². The van der Waals surface area contributed by atoms with Gasteiger partial charge in [-0.05, 0) is 31.4 Å². The number of hydrogen-bond donors (Lipinski definition) is 1. The molecule has 0 amide bonds. The highest BCUT2D eigenvalue weighted by Gasteiger charge is 2.01. The van der Waals surface area contributed by atoms with E-state index in [9.17, 15) is 0 Å². The van der Waals surface area contributed by atoms with Gasteiger partial charge in [-0.2, -0.15) is 0 Å². The summed E-state index contributed by atoms with van der Waals surface area (Å²) in [6.45, 7) is 8.87. The molecule has 0 fully saturated rings. The zero-order chi connectivity index (χ0) is 11.8. The van der Waals surface area contributed by atoms with Gasteiger partial charge in [0.25, 0.3) is 0 Å². The number of aryl methyl sites for hydroxylation is 1. The second kappa shape index (κ2) is 7.50. The Morgan fingerprint density at radius 2 is 2.12 bits per heavy atom. The van der Waals surface area contributed by atoms with Crippen molar-refractivity contribution in [2.75, 3.05) is 0 Å². The summed E-state index contributed by atoms with van der Waals surface area (Å²) in [5, 5.41) is 3.58. The van der Waals surface area contributed by atoms with E-state index in [0.717, 1.165) is 13.1 Å². The van der Waals surface area contributed by atoms with Crippen LogP contribution in [-0.2, 0) is 13.1 Å². The van der Waals surface area contributed by atoms with Gasteiger partial charge in [-0.25, -0.2) is 0 Å². The molecule has 0 aliphatic heterocycles. The van der Waals surface area contributed by atoms with Gasteiger partial charge in [0.1, 0.15) is 0 Å². The molecule has 1 N–H and O–H groups in total. The molecule has 1 atom stereocenters. The largest absolute Gasteiger partial charge is 0.354 e. The van der Waals surface area contributed by atoms with E-state index < -0.39 is 0 Å². The van der Waals surface area contributed by atoms with Crippen molar-refractivity contribution in [1.82, 2.24) is 9.88 Å². The van der Waals surface area contributed by atoms with E-state index in [0.29, 0.717) is 6.04 Å². The lowest BCUT2D eigenvalue weighted by atomic mass is 10.1. The second-order valence-corrected chi connectivity index (χ2v) is 4.68. The summed E-state index contributed by atoms with van der Waals surface area (Å²) >= 11 is 0. The molecule has 0 aromatic carbocycles. The number of aromatic nitrogens is 1. The summed E-state index contributed by atoms with van der Waals surface area (Å²) in [6.07, 6.45) is 9.53. The maximum atomic E-state index is 3.58. The van der Waals surface area contributed by atoms with Gasteiger partial charge >= 0.3 is 0 Å². The first kappa shape index (κ1) is 13.3.